The number of likely N-dealkylation sites (tertiary alicyclic amines) is 1. The van der Waals surface area contributed by atoms with E-state index in [1.165, 1.54) is 17.8 Å². The minimum absolute atomic E-state index is 0.00684. The van der Waals surface area contributed by atoms with Gasteiger partial charge in [-0.25, -0.2) is 4.79 Å². The zero-order chi connectivity index (χ0) is 28.0. The maximum absolute atomic E-state index is 13.7. The van der Waals surface area contributed by atoms with E-state index < -0.39 is 0 Å². The number of rotatable bonds is 6. The summed E-state index contributed by atoms with van der Waals surface area (Å²) in [4.78, 5) is 45.3. The van der Waals surface area contributed by atoms with Crippen molar-refractivity contribution in [1.29, 1.82) is 0 Å². The van der Waals surface area contributed by atoms with Crippen LogP contribution in [0.1, 0.15) is 18.4 Å². The molecule has 0 radical (unpaired) electrons. The molecular weight excluding hydrogens is 526 g/mol. The summed E-state index contributed by atoms with van der Waals surface area (Å²) in [5.74, 6) is 1.20. The van der Waals surface area contributed by atoms with Crippen molar-refractivity contribution in [2.45, 2.75) is 37.2 Å². The van der Waals surface area contributed by atoms with E-state index in [9.17, 15) is 14.4 Å². The van der Waals surface area contributed by atoms with Crippen molar-refractivity contribution in [3.05, 3.63) is 77.4 Å². The predicted octanol–water partition coefficient (Wildman–Crippen LogP) is 3.82. The van der Waals surface area contributed by atoms with Crippen LogP contribution >= 0.6 is 11.8 Å². The summed E-state index contributed by atoms with van der Waals surface area (Å²) in [6, 6.07) is 15.0. The lowest BCUT2D eigenvalue weighted by Gasteiger charge is -2.46. The summed E-state index contributed by atoms with van der Waals surface area (Å²) < 4.78 is 6.00. The number of piperidine rings is 1. The first-order chi connectivity index (χ1) is 19.4. The number of carbonyl (C=O) groups excluding carboxylic acids is 3. The second-order valence-electron chi connectivity index (χ2n) is 10.6. The number of amides is 4. The van der Waals surface area contributed by atoms with E-state index >= 15 is 0 Å². The Morgan fingerprint density at radius 3 is 2.70 bits per heavy atom. The van der Waals surface area contributed by atoms with Crippen LogP contribution in [-0.4, -0.2) is 71.8 Å². The molecule has 0 bridgehead atoms. The van der Waals surface area contributed by atoms with Crippen molar-refractivity contribution in [3.63, 3.8) is 0 Å². The van der Waals surface area contributed by atoms with Gasteiger partial charge >= 0.3 is 6.03 Å². The Morgan fingerprint density at radius 2 is 1.95 bits per heavy atom. The van der Waals surface area contributed by atoms with Gasteiger partial charge in [-0.3, -0.25) is 14.5 Å². The minimum atomic E-state index is -0.226. The summed E-state index contributed by atoms with van der Waals surface area (Å²) in [5, 5.41) is 6.65. The standard InChI is InChI=1S/C30H33N5O4S/c1-4-24(36)34-15-13-19(17-34)33(3)29(37)27-26-25-23(12-14-31-28(25)40-27)35(30(38)32-26)22-11-10-21(16-18(22)2)39-20-8-6-5-7-9-20/h4-11,16,19,23,25,28,31H,1,12-15,17H2,2-3H3,(H,32,38)/t19-,23?,25?,28?/m1/s1. The van der Waals surface area contributed by atoms with Crippen molar-refractivity contribution >= 4 is 35.3 Å². The molecule has 3 fully saturated rings. The van der Waals surface area contributed by atoms with Gasteiger partial charge in [-0.1, -0.05) is 36.5 Å². The third-order valence-electron chi connectivity index (χ3n) is 8.26. The molecule has 6 rings (SSSR count). The molecule has 10 heteroatoms. The highest BCUT2D eigenvalue weighted by Gasteiger charge is 2.52. The Balaban J connectivity index is 1.24. The SMILES string of the molecule is C=CC(=O)N1CC[C@@H](N(C)C(=O)C2=C3NC(=O)N(c4ccc(Oc5ccccc5)cc4C)C4CCNC(S2)C34)C1. The second-order valence-corrected chi connectivity index (χ2v) is 11.8. The van der Waals surface area contributed by atoms with Crippen molar-refractivity contribution in [1.82, 2.24) is 20.4 Å². The summed E-state index contributed by atoms with van der Waals surface area (Å²) >= 11 is 1.50. The van der Waals surface area contributed by atoms with E-state index in [1.54, 1.807) is 16.8 Å². The molecular formula is C30H33N5O4S. The number of para-hydroxylation sites is 1. The normalized spacial score (nSPS) is 25.4. The number of hydrogen-bond acceptors (Lipinski definition) is 6. The van der Waals surface area contributed by atoms with E-state index in [0.29, 0.717) is 35.9 Å². The van der Waals surface area contributed by atoms with Gasteiger partial charge in [-0.2, -0.15) is 0 Å². The molecule has 40 heavy (non-hydrogen) atoms. The van der Waals surface area contributed by atoms with Crippen LogP contribution in [0.4, 0.5) is 10.5 Å². The van der Waals surface area contributed by atoms with Crippen molar-refractivity contribution in [3.8, 4) is 11.5 Å². The van der Waals surface area contributed by atoms with Gasteiger partial charge < -0.3 is 25.2 Å². The number of likely N-dealkylation sites (N-methyl/N-ethyl adjacent to an activating group) is 1. The zero-order valence-corrected chi connectivity index (χ0v) is 23.4. The molecule has 4 aliphatic heterocycles. The Hall–Kier alpha value is -3.76. The van der Waals surface area contributed by atoms with Crippen LogP contribution in [0.3, 0.4) is 0 Å². The molecule has 0 aromatic heterocycles. The molecule has 2 N–H and O–H groups in total. The third-order valence-corrected chi connectivity index (χ3v) is 9.60. The summed E-state index contributed by atoms with van der Waals surface area (Å²) in [6.07, 6.45) is 2.80. The fourth-order valence-electron chi connectivity index (χ4n) is 6.19. The molecule has 208 valence electrons. The molecule has 3 saturated heterocycles. The molecule has 4 heterocycles. The predicted molar refractivity (Wildman–Crippen MR) is 155 cm³/mol. The van der Waals surface area contributed by atoms with Crippen LogP contribution in [0.15, 0.2) is 71.8 Å². The maximum atomic E-state index is 13.7. The monoisotopic (exact) mass is 559 g/mol. The average Bonchev–Trinajstić information content (AvgIpc) is 3.60. The van der Waals surface area contributed by atoms with Gasteiger partial charge in [0, 0.05) is 37.4 Å². The number of urea groups is 1. The van der Waals surface area contributed by atoms with E-state index in [1.807, 2.05) is 60.4 Å². The van der Waals surface area contributed by atoms with Gasteiger partial charge in [0.1, 0.15) is 11.5 Å². The quantitative estimate of drug-likeness (QED) is 0.523. The summed E-state index contributed by atoms with van der Waals surface area (Å²) in [5.41, 5.74) is 2.49. The number of anilines is 1. The van der Waals surface area contributed by atoms with E-state index in [4.69, 9.17) is 4.74 Å². The number of ether oxygens (including phenoxy) is 1. The zero-order valence-electron chi connectivity index (χ0n) is 22.6. The van der Waals surface area contributed by atoms with Gasteiger partial charge in [-0.05, 0) is 68.3 Å². The van der Waals surface area contributed by atoms with E-state index in [2.05, 4.69) is 17.2 Å². The average molecular weight is 560 g/mol. The van der Waals surface area contributed by atoms with Crippen LogP contribution in [-0.2, 0) is 9.59 Å². The fraction of sp³-hybridized carbons (Fsp3) is 0.367. The molecule has 0 saturated carbocycles. The topological polar surface area (TPSA) is 94.2 Å². The number of aryl methyl sites for hydroxylation is 1. The molecule has 9 nitrogen and oxygen atoms in total. The molecule has 0 aliphatic carbocycles. The highest BCUT2D eigenvalue weighted by molar-refractivity contribution is 8.04. The second kappa shape index (κ2) is 10.7. The molecule has 2 aromatic rings. The number of nitrogens with one attached hydrogen (secondary N) is 2. The number of carbonyl (C=O) groups is 3. The van der Waals surface area contributed by atoms with E-state index in [0.717, 1.165) is 30.0 Å². The molecule has 4 amide bonds. The van der Waals surface area contributed by atoms with Crippen molar-refractivity contribution < 1.29 is 19.1 Å². The maximum Gasteiger partial charge on any atom is 0.326 e. The van der Waals surface area contributed by atoms with Gasteiger partial charge in [0.25, 0.3) is 5.91 Å². The molecule has 4 aliphatic rings. The van der Waals surface area contributed by atoms with E-state index in [-0.39, 0.29) is 41.2 Å². The Morgan fingerprint density at radius 1 is 1.15 bits per heavy atom. The smallest absolute Gasteiger partial charge is 0.326 e. The van der Waals surface area contributed by atoms with Crippen LogP contribution in [0, 0.1) is 12.8 Å². The van der Waals surface area contributed by atoms with Crippen LogP contribution in [0.25, 0.3) is 0 Å². The third kappa shape index (κ3) is 4.65. The Labute approximate surface area is 238 Å². The first-order valence-electron chi connectivity index (χ1n) is 13.6. The number of benzene rings is 2. The van der Waals surface area contributed by atoms with Gasteiger partial charge in [0.2, 0.25) is 5.91 Å². The number of thioether (sulfide) groups is 1. The molecule has 0 spiro atoms. The lowest BCUT2D eigenvalue weighted by molar-refractivity contribution is -0.129. The summed E-state index contributed by atoms with van der Waals surface area (Å²) in [6.45, 7) is 7.39. The van der Waals surface area contributed by atoms with Crippen LogP contribution < -0.4 is 20.3 Å². The summed E-state index contributed by atoms with van der Waals surface area (Å²) in [7, 11) is 1.79. The molecule has 3 unspecified atom stereocenters. The first-order valence-corrected chi connectivity index (χ1v) is 14.5. The molecule has 4 atom stereocenters. The van der Waals surface area contributed by atoms with Crippen molar-refractivity contribution in [2.24, 2.45) is 5.92 Å². The first kappa shape index (κ1) is 26.5. The van der Waals surface area contributed by atoms with Gasteiger partial charge in [0.05, 0.1) is 22.4 Å². The van der Waals surface area contributed by atoms with Gasteiger partial charge in [0.15, 0.2) is 0 Å². The minimum Gasteiger partial charge on any atom is -0.457 e. The largest absolute Gasteiger partial charge is 0.457 e. The van der Waals surface area contributed by atoms with Crippen LogP contribution in [0.2, 0.25) is 0 Å². The molecule has 2 aromatic carbocycles. The highest BCUT2D eigenvalue weighted by atomic mass is 32.2. The lowest BCUT2D eigenvalue weighted by atomic mass is 9.86. The Bertz CT molecular complexity index is 1400. The van der Waals surface area contributed by atoms with Crippen LogP contribution in [0.5, 0.6) is 11.5 Å². The highest BCUT2D eigenvalue weighted by Crippen LogP contribution is 2.49. The fourth-order valence-corrected chi connectivity index (χ4v) is 7.67. The lowest BCUT2D eigenvalue weighted by Crippen LogP contribution is -2.62. The number of hydrogen-bond donors (Lipinski definition) is 2. The van der Waals surface area contributed by atoms with Gasteiger partial charge in [-0.15, -0.1) is 0 Å². The van der Waals surface area contributed by atoms with Crippen molar-refractivity contribution in [2.75, 3.05) is 31.6 Å². The Kier molecular flexibility index (Phi) is 7.06. The number of nitrogens with zero attached hydrogens (tertiary/aromatic N) is 3.